The summed E-state index contributed by atoms with van der Waals surface area (Å²) in [5, 5.41) is 0. The Labute approximate surface area is 462 Å². The molecule has 2 aliphatic heterocycles. The molecule has 6 rings (SSSR count). The zero-order valence-corrected chi connectivity index (χ0v) is 48.1. The van der Waals surface area contributed by atoms with Gasteiger partial charge in [0.05, 0.1) is 125 Å². The van der Waals surface area contributed by atoms with E-state index in [1.807, 2.05) is 36.4 Å². The lowest BCUT2D eigenvalue weighted by Crippen LogP contribution is -3.00. The first kappa shape index (κ1) is 62.6. The molecule has 76 heavy (non-hydrogen) atoms. The molecule has 0 aromatic heterocycles. The summed E-state index contributed by atoms with van der Waals surface area (Å²) in [6.45, 7) is 4.02. The van der Waals surface area contributed by atoms with E-state index in [-0.39, 0.29) is 61.7 Å². The van der Waals surface area contributed by atoms with Gasteiger partial charge in [-0.25, -0.2) is 0 Å². The molecule has 2 aliphatic rings. The highest BCUT2D eigenvalue weighted by atomic mass is 35.5. The van der Waals surface area contributed by atoms with E-state index in [4.69, 9.17) is 56.8 Å². The molecule has 0 saturated heterocycles. The minimum absolute atomic E-state index is 0. The summed E-state index contributed by atoms with van der Waals surface area (Å²) in [7, 11) is 20.9. The second kappa shape index (κ2) is 29.5. The third-order valence-corrected chi connectivity index (χ3v) is 15.0. The van der Waals surface area contributed by atoms with Gasteiger partial charge in [-0.15, -0.1) is 0 Å². The van der Waals surface area contributed by atoms with Gasteiger partial charge in [0.2, 0.25) is 11.5 Å². The molecule has 4 atom stereocenters. The van der Waals surface area contributed by atoms with Crippen molar-refractivity contribution in [1.82, 2.24) is 0 Å². The lowest BCUT2D eigenvalue weighted by Gasteiger charge is -2.46. The molecule has 18 heteroatoms. The van der Waals surface area contributed by atoms with Gasteiger partial charge in [0.15, 0.2) is 46.0 Å². The molecule has 0 amide bonds. The maximum atomic E-state index is 12.9. The number of carbonyl (C=O) groups excluding carboxylic acids is 2. The Hall–Kier alpha value is -5.94. The van der Waals surface area contributed by atoms with Crippen molar-refractivity contribution < 1.29 is 100 Å². The number of fused-ring (bicyclic) bond motifs is 2. The smallest absolute Gasteiger partial charge is 0.306 e. The van der Waals surface area contributed by atoms with Crippen LogP contribution in [0.3, 0.4) is 0 Å². The van der Waals surface area contributed by atoms with Gasteiger partial charge in [-0.2, -0.15) is 0 Å². The van der Waals surface area contributed by atoms with Crippen molar-refractivity contribution in [3.63, 3.8) is 0 Å². The number of halogens is 2. The number of quaternary nitrogens is 2. The number of allylic oxidation sites excluding steroid dienone is 2. The van der Waals surface area contributed by atoms with Crippen LogP contribution in [0.15, 0.2) is 60.7 Å². The predicted octanol–water partition coefficient (Wildman–Crippen LogP) is 3.04. The van der Waals surface area contributed by atoms with Gasteiger partial charge < -0.3 is 90.6 Å². The number of rotatable bonds is 28. The lowest BCUT2D eigenvalue weighted by atomic mass is 9.86. The zero-order valence-electron chi connectivity index (χ0n) is 46.6. The van der Waals surface area contributed by atoms with Crippen LogP contribution in [0.25, 0.3) is 0 Å². The molecule has 4 aromatic carbocycles. The van der Waals surface area contributed by atoms with Crippen molar-refractivity contribution in [2.45, 2.75) is 76.3 Å². The topological polar surface area (TPSA) is 145 Å². The predicted molar refractivity (Wildman–Crippen MR) is 282 cm³/mol. The fourth-order valence-corrected chi connectivity index (χ4v) is 10.8. The molecule has 0 spiro atoms. The van der Waals surface area contributed by atoms with E-state index < -0.39 is 0 Å². The van der Waals surface area contributed by atoms with Gasteiger partial charge in [-0.1, -0.05) is 12.2 Å². The highest BCUT2D eigenvalue weighted by Crippen LogP contribution is 2.47. The molecule has 420 valence electrons. The molecule has 0 fully saturated rings. The van der Waals surface area contributed by atoms with Crippen LogP contribution in [0, 0.1) is 0 Å². The van der Waals surface area contributed by atoms with Crippen molar-refractivity contribution in [2.75, 3.05) is 125 Å². The summed E-state index contributed by atoms with van der Waals surface area (Å²) in [5.41, 5.74) is 6.93. The van der Waals surface area contributed by atoms with E-state index in [2.05, 4.69) is 38.4 Å². The normalized spacial score (nSPS) is 18.4. The quantitative estimate of drug-likeness (QED) is 0.0356. The molecule has 2 heterocycles. The summed E-state index contributed by atoms with van der Waals surface area (Å²) in [6.07, 6.45) is 9.94. The third kappa shape index (κ3) is 15.0. The van der Waals surface area contributed by atoms with Crippen LogP contribution in [-0.4, -0.2) is 145 Å². The Morgan fingerprint density at radius 3 is 1.08 bits per heavy atom. The number of nitrogens with zero attached hydrogens (tertiary/aromatic N) is 2. The van der Waals surface area contributed by atoms with Crippen molar-refractivity contribution in [3.05, 3.63) is 94.1 Å². The number of methoxy groups -OCH3 is 10. The SMILES string of the molecule is COc1cc2c(cc1OC)[C@@H](Cc1cc(OC)c(OC)c(OC)c1)[N+](C)(CCCOC(=O)CCC=CCCC(=O)OCCC[N+]1(C)CCc3cc(OC)c(OC)cc3[C@H]1Cc1cc(OC)c(OC)c(OC)c1)CC2.[Cl-].[Cl-]. The minimum Gasteiger partial charge on any atom is -1.00 e. The number of ether oxygens (including phenoxy) is 12. The summed E-state index contributed by atoms with van der Waals surface area (Å²) < 4.78 is 69.8. The maximum absolute atomic E-state index is 12.9. The van der Waals surface area contributed by atoms with Crippen molar-refractivity contribution in [1.29, 1.82) is 0 Å². The molecule has 0 radical (unpaired) electrons. The molecule has 2 unspecified atom stereocenters. The average Bonchev–Trinajstić information content (AvgIpc) is 3.42. The monoisotopic (exact) mass is 1100 g/mol. The van der Waals surface area contributed by atoms with Crippen LogP contribution in [0.2, 0.25) is 0 Å². The van der Waals surface area contributed by atoms with Crippen LogP contribution < -0.4 is 72.2 Å². The summed E-state index contributed by atoms with van der Waals surface area (Å²) in [4.78, 5) is 25.7. The Kier molecular flexibility index (Phi) is 24.3. The minimum atomic E-state index is -0.246. The molecule has 0 aliphatic carbocycles. The van der Waals surface area contributed by atoms with Crippen LogP contribution >= 0.6 is 0 Å². The summed E-state index contributed by atoms with van der Waals surface area (Å²) in [6, 6.07) is 16.5. The van der Waals surface area contributed by atoms with E-state index in [0.717, 1.165) is 59.1 Å². The second-order valence-electron chi connectivity index (χ2n) is 19.4. The van der Waals surface area contributed by atoms with Crippen molar-refractivity contribution >= 4 is 11.9 Å². The van der Waals surface area contributed by atoms with Gasteiger partial charge in [0.1, 0.15) is 12.1 Å². The van der Waals surface area contributed by atoms with Crippen molar-refractivity contribution in [2.24, 2.45) is 0 Å². The fourth-order valence-electron chi connectivity index (χ4n) is 10.8. The average molecular weight is 1100 g/mol. The Balaban J connectivity index is 0.00000624. The highest BCUT2D eigenvalue weighted by Gasteiger charge is 2.42. The standard InChI is InChI=1S/C58H80N2O14.2ClH/c1-59(25-21-41-35-47(63-3)49(65-5)37-43(41)45(59)29-39-31-51(67-7)57(71-11)52(32-39)68-8)23-17-27-73-55(61)19-15-13-14-16-20-56(62)74-28-18-24-60(2)26-22-42-36-48(64-4)50(66-6)38-44(42)46(60)30-40-33-53(69-9)58(72-12)54(34-40)70-10;;/h13-14,31-38,45-46H,15-30H2,1-12H3;2*1H/q+2;;/p-2/t45-,46-,59?,60?;;/m1../s1. The van der Waals surface area contributed by atoms with E-state index in [0.29, 0.717) is 109 Å². The molecule has 0 N–H and O–H groups in total. The van der Waals surface area contributed by atoms with Gasteiger partial charge in [-0.3, -0.25) is 9.59 Å². The third-order valence-electron chi connectivity index (χ3n) is 15.0. The summed E-state index contributed by atoms with van der Waals surface area (Å²) >= 11 is 0. The molecular formula is C58H80Cl2N2O14. The zero-order chi connectivity index (χ0) is 53.4. The molecule has 16 nitrogen and oxygen atoms in total. The van der Waals surface area contributed by atoms with Crippen LogP contribution in [0.4, 0.5) is 0 Å². The molecular weight excluding hydrogens is 1020 g/mol. The van der Waals surface area contributed by atoms with Crippen LogP contribution in [0.5, 0.6) is 57.5 Å². The number of hydrogen-bond donors (Lipinski definition) is 0. The first-order chi connectivity index (χ1) is 35.7. The number of benzene rings is 4. The molecule has 0 saturated carbocycles. The Morgan fingerprint density at radius 2 is 0.776 bits per heavy atom. The second-order valence-corrected chi connectivity index (χ2v) is 19.4. The number of esters is 2. The van der Waals surface area contributed by atoms with Gasteiger partial charge >= 0.3 is 11.9 Å². The van der Waals surface area contributed by atoms with Gasteiger partial charge in [0, 0.05) is 62.5 Å². The molecule has 0 bridgehead atoms. The molecule has 4 aromatic rings. The largest absolute Gasteiger partial charge is 1.00 e. The van der Waals surface area contributed by atoms with Crippen LogP contribution in [0.1, 0.15) is 84.0 Å². The van der Waals surface area contributed by atoms with E-state index >= 15 is 0 Å². The van der Waals surface area contributed by atoms with E-state index in [1.165, 1.54) is 22.3 Å². The van der Waals surface area contributed by atoms with Crippen molar-refractivity contribution in [3.8, 4) is 57.5 Å². The summed E-state index contributed by atoms with van der Waals surface area (Å²) in [5.74, 6) is 5.81. The first-order valence-corrected chi connectivity index (χ1v) is 25.5. The van der Waals surface area contributed by atoms with E-state index in [9.17, 15) is 9.59 Å². The van der Waals surface area contributed by atoms with Gasteiger partial charge in [0.25, 0.3) is 0 Å². The fraction of sp³-hybridized carbons (Fsp3) is 0.517. The Morgan fingerprint density at radius 1 is 0.461 bits per heavy atom. The number of hydrogen-bond acceptors (Lipinski definition) is 14. The highest BCUT2D eigenvalue weighted by molar-refractivity contribution is 5.70. The van der Waals surface area contributed by atoms with Crippen LogP contribution in [-0.2, 0) is 44.7 Å². The number of carbonyl (C=O) groups is 2. The van der Waals surface area contributed by atoms with E-state index in [1.54, 1.807) is 71.1 Å². The lowest BCUT2D eigenvalue weighted by molar-refractivity contribution is -0.941. The van der Waals surface area contributed by atoms with Gasteiger partial charge in [-0.05, 0) is 83.6 Å². The Bertz CT molecular complexity index is 2350. The first-order valence-electron chi connectivity index (χ1n) is 25.5. The number of likely N-dealkylation sites (N-methyl/N-ethyl adjacent to an activating group) is 2. The maximum Gasteiger partial charge on any atom is 0.306 e.